The highest BCUT2D eigenvalue weighted by Gasteiger charge is 2.25. The predicted molar refractivity (Wildman–Crippen MR) is 73.8 cm³/mol. The molecule has 1 N–H and O–H groups in total. The molecule has 0 spiro atoms. The average Bonchev–Trinajstić information content (AvgIpc) is 2.37. The molecule has 0 saturated carbocycles. The molecule has 4 heteroatoms. The lowest BCUT2D eigenvalue weighted by atomic mass is 10.0. The minimum atomic E-state index is -0.683. The molecular formula is C14H28N2O2. The van der Waals surface area contributed by atoms with E-state index in [1.807, 2.05) is 0 Å². The number of nitrogens with zero attached hydrogens (tertiary/aromatic N) is 2. The molecular weight excluding hydrogens is 228 g/mol. The summed E-state index contributed by atoms with van der Waals surface area (Å²) in [6.45, 7) is 11.3. The Kier molecular flexibility index (Phi) is 6.65. The van der Waals surface area contributed by atoms with Crippen LogP contribution in [0, 0.1) is 5.92 Å². The lowest BCUT2D eigenvalue weighted by Crippen LogP contribution is -2.46. The monoisotopic (exact) mass is 256 g/mol. The summed E-state index contributed by atoms with van der Waals surface area (Å²) in [7, 11) is 0. The number of carboxylic acids is 1. The van der Waals surface area contributed by atoms with Crippen LogP contribution in [0.1, 0.15) is 40.0 Å². The molecule has 0 aromatic heterocycles. The Labute approximate surface area is 111 Å². The number of carboxylic acid groups (broad SMARTS) is 1. The highest BCUT2D eigenvalue weighted by Crippen LogP contribution is 2.18. The molecule has 0 bridgehead atoms. The Morgan fingerprint density at radius 1 is 1.39 bits per heavy atom. The quantitative estimate of drug-likeness (QED) is 0.755. The van der Waals surface area contributed by atoms with E-state index in [2.05, 4.69) is 23.6 Å². The lowest BCUT2D eigenvalue weighted by molar-refractivity contribution is -0.142. The summed E-state index contributed by atoms with van der Waals surface area (Å²) in [6.07, 6.45) is 3.58. The molecule has 1 aliphatic heterocycles. The Morgan fingerprint density at radius 3 is 2.44 bits per heavy atom. The van der Waals surface area contributed by atoms with Crippen molar-refractivity contribution in [2.75, 3.05) is 32.7 Å². The van der Waals surface area contributed by atoms with Gasteiger partial charge in [0.1, 0.15) is 0 Å². The topological polar surface area (TPSA) is 43.8 Å². The third-order valence-corrected chi connectivity index (χ3v) is 3.95. The fourth-order valence-corrected chi connectivity index (χ4v) is 2.79. The molecule has 1 aliphatic rings. The summed E-state index contributed by atoms with van der Waals surface area (Å²) in [4.78, 5) is 15.8. The van der Waals surface area contributed by atoms with Crippen LogP contribution in [0.15, 0.2) is 0 Å². The van der Waals surface area contributed by atoms with Crippen molar-refractivity contribution in [3.63, 3.8) is 0 Å². The van der Waals surface area contributed by atoms with Crippen molar-refractivity contribution in [3.8, 4) is 0 Å². The van der Waals surface area contributed by atoms with E-state index in [1.54, 1.807) is 6.92 Å². The van der Waals surface area contributed by atoms with E-state index in [0.29, 0.717) is 12.6 Å². The van der Waals surface area contributed by atoms with Crippen molar-refractivity contribution >= 4 is 5.97 Å². The summed E-state index contributed by atoms with van der Waals surface area (Å²) < 4.78 is 0. The first-order chi connectivity index (χ1) is 8.58. The van der Waals surface area contributed by atoms with E-state index in [0.717, 1.165) is 19.6 Å². The molecule has 4 nitrogen and oxygen atoms in total. The fraction of sp³-hybridized carbons (Fsp3) is 0.929. The van der Waals surface area contributed by atoms with Gasteiger partial charge in [0.25, 0.3) is 0 Å². The number of carbonyl (C=O) groups is 1. The summed E-state index contributed by atoms with van der Waals surface area (Å²) in [5.41, 5.74) is 0. The maximum atomic E-state index is 10.9. The van der Waals surface area contributed by atoms with Gasteiger partial charge in [-0.3, -0.25) is 9.69 Å². The first-order valence-electron chi connectivity index (χ1n) is 7.27. The van der Waals surface area contributed by atoms with Crippen LogP contribution < -0.4 is 0 Å². The fourth-order valence-electron chi connectivity index (χ4n) is 2.79. The number of rotatable bonds is 7. The van der Waals surface area contributed by atoms with Crippen LogP contribution in [0.2, 0.25) is 0 Å². The maximum absolute atomic E-state index is 10.9. The maximum Gasteiger partial charge on any atom is 0.307 e. The Morgan fingerprint density at radius 2 is 2.00 bits per heavy atom. The van der Waals surface area contributed by atoms with Crippen molar-refractivity contribution in [3.05, 3.63) is 0 Å². The number of aliphatic carboxylic acids is 1. The smallest absolute Gasteiger partial charge is 0.307 e. The van der Waals surface area contributed by atoms with Crippen LogP contribution in [-0.2, 0) is 4.79 Å². The second-order valence-corrected chi connectivity index (χ2v) is 5.40. The summed E-state index contributed by atoms with van der Waals surface area (Å²) in [5.74, 6) is -0.949. The zero-order chi connectivity index (χ0) is 13.5. The van der Waals surface area contributed by atoms with Crippen molar-refractivity contribution in [2.45, 2.75) is 46.1 Å². The van der Waals surface area contributed by atoms with Gasteiger partial charge in [0, 0.05) is 12.6 Å². The SMILES string of the molecule is CCCN1CCC(N(CC)CC(C)C(=O)O)CC1. The average molecular weight is 256 g/mol. The second kappa shape index (κ2) is 7.74. The molecule has 1 atom stereocenters. The third kappa shape index (κ3) is 4.58. The van der Waals surface area contributed by atoms with E-state index < -0.39 is 5.97 Å². The first kappa shape index (κ1) is 15.4. The highest BCUT2D eigenvalue weighted by atomic mass is 16.4. The van der Waals surface area contributed by atoms with Crippen molar-refractivity contribution in [2.24, 2.45) is 5.92 Å². The van der Waals surface area contributed by atoms with Gasteiger partial charge in [-0.2, -0.15) is 0 Å². The number of piperidine rings is 1. The van der Waals surface area contributed by atoms with Gasteiger partial charge in [0.15, 0.2) is 0 Å². The van der Waals surface area contributed by atoms with Crippen LogP contribution in [0.4, 0.5) is 0 Å². The van der Waals surface area contributed by atoms with Crippen LogP contribution in [0.5, 0.6) is 0 Å². The minimum absolute atomic E-state index is 0.265. The van der Waals surface area contributed by atoms with Crippen LogP contribution >= 0.6 is 0 Å². The minimum Gasteiger partial charge on any atom is -0.481 e. The molecule has 18 heavy (non-hydrogen) atoms. The molecule has 1 fully saturated rings. The molecule has 1 saturated heterocycles. The molecule has 1 heterocycles. The summed E-state index contributed by atoms with van der Waals surface area (Å²) in [5, 5.41) is 9.00. The van der Waals surface area contributed by atoms with Crippen LogP contribution in [0.3, 0.4) is 0 Å². The molecule has 0 amide bonds. The molecule has 106 valence electrons. The van der Waals surface area contributed by atoms with Gasteiger partial charge in [-0.15, -0.1) is 0 Å². The van der Waals surface area contributed by atoms with Crippen LogP contribution in [0.25, 0.3) is 0 Å². The highest BCUT2D eigenvalue weighted by molar-refractivity contribution is 5.69. The van der Waals surface area contributed by atoms with E-state index in [-0.39, 0.29) is 5.92 Å². The zero-order valence-corrected chi connectivity index (χ0v) is 12.1. The predicted octanol–water partition coefficient (Wildman–Crippen LogP) is 1.90. The Bertz CT molecular complexity index is 250. The second-order valence-electron chi connectivity index (χ2n) is 5.40. The van der Waals surface area contributed by atoms with Gasteiger partial charge in [-0.05, 0) is 45.4 Å². The van der Waals surface area contributed by atoms with Gasteiger partial charge in [0.2, 0.25) is 0 Å². The van der Waals surface area contributed by atoms with E-state index in [9.17, 15) is 4.79 Å². The normalized spacial score (nSPS) is 20.2. The molecule has 0 aromatic rings. The Balaban J connectivity index is 2.40. The van der Waals surface area contributed by atoms with E-state index in [1.165, 1.54) is 25.8 Å². The van der Waals surface area contributed by atoms with Gasteiger partial charge >= 0.3 is 5.97 Å². The van der Waals surface area contributed by atoms with Crippen molar-refractivity contribution < 1.29 is 9.90 Å². The largest absolute Gasteiger partial charge is 0.481 e. The zero-order valence-electron chi connectivity index (χ0n) is 12.1. The molecule has 0 radical (unpaired) electrons. The van der Waals surface area contributed by atoms with E-state index in [4.69, 9.17) is 5.11 Å². The summed E-state index contributed by atoms with van der Waals surface area (Å²) in [6, 6.07) is 0.574. The third-order valence-electron chi connectivity index (χ3n) is 3.95. The summed E-state index contributed by atoms with van der Waals surface area (Å²) >= 11 is 0. The van der Waals surface area contributed by atoms with Crippen molar-refractivity contribution in [1.82, 2.24) is 9.80 Å². The van der Waals surface area contributed by atoms with Gasteiger partial charge < -0.3 is 10.0 Å². The molecule has 0 aromatic carbocycles. The van der Waals surface area contributed by atoms with Crippen molar-refractivity contribution in [1.29, 1.82) is 0 Å². The number of likely N-dealkylation sites (tertiary alicyclic amines) is 1. The standard InChI is InChI=1S/C14H28N2O2/c1-4-8-15-9-6-13(7-10-15)16(5-2)11-12(3)14(17)18/h12-13H,4-11H2,1-3H3,(H,17,18). The molecule has 1 rings (SSSR count). The van der Waals surface area contributed by atoms with Gasteiger partial charge in [-0.25, -0.2) is 0 Å². The van der Waals surface area contributed by atoms with E-state index >= 15 is 0 Å². The van der Waals surface area contributed by atoms with Crippen LogP contribution in [-0.4, -0.2) is 59.6 Å². The number of hydrogen-bond acceptors (Lipinski definition) is 3. The molecule has 1 unspecified atom stereocenters. The lowest BCUT2D eigenvalue weighted by Gasteiger charge is -2.38. The molecule has 0 aliphatic carbocycles. The Hall–Kier alpha value is -0.610. The van der Waals surface area contributed by atoms with Gasteiger partial charge in [0.05, 0.1) is 5.92 Å². The first-order valence-corrected chi connectivity index (χ1v) is 7.27. The number of hydrogen-bond donors (Lipinski definition) is 1. The van der Waals surface area contributed by atoms with Gasteiger partial charge in [-0.1, -0.05) is 20.8 Å².